The number of hydrogen-bond acceptors (Lipinski definition) is 3. The van der Waals surface area contributed by atoms with Gasteiger partial charge >= 0.3 is 0 Å². The van der Waals surface area contributed by atoms with Gasteiger partial charge in [0.1, 0.15) is 5.75 Å². The molecule has 0 spiro atoms. The molecule has 0 aromatic heterocycles. The van der Waals surface area contributed by atoms with Crippen LogP contribution in [-0.2, 0) is 16.3 Å². The van der Waals surface area contributed by atoms with Crippen LogP contribution < -0.4 is 4.74 Å². The first-order chi connectivity index (χ1) is 7.01. The molecule has 3 nitrogen and oxygen atoms in total. The molecule has 82 valence electrons. The quantitative estimate of drug-likeness (QED) is 0.370. The Hall–Kier alpha value is -0.320. The van der Waals surface area contributed by atoms with Crippen LogP contribution in [-0.4, -0.2) is 11.2 Å². The zero-order valence-corrected chi connectivity index (χ0v) is 10.4. The van der Waals surface area contributed by atoms with Crippen molar-refractivity contribution < 1.29 is 14.2 Å². The van der Waals surface area contributed by atoms with Gasteiger partial charge in [0.05, 0.1) is 0 Å². The van der Waals surface area contributed by atoms with Crippen LogP contribution in [0.5, 0.6) is 5.75 Å². The van der Waals surface area contributed by atoms with Crippen LogP contribution in [0, 0.1) is 0 Å². The normalized spacial score (nSPS) is 16.4. The van der Waals surface area contributed by atoms with Crippen molar-refractivity contribution in [3.8, 4) is 5.75 Å². The summed E-state index contributed by atoms with van der Waals surface area (Å²) >= 11 is 8.37. The van der Waals surface area contributed by atoms with Gasteiger partial charge < -0.3 is 9.63 Å². The summed E-state index contributed by atoms with van der Waals surface area (Å²) < 4.78 is 10.3. The molecule has 0 fully saturated rings. The largest absolute Gasteiger partial charge is 0.461 e. The maximum absolute atomic E-state index is 9.24. The SMILES string of the molecule is C=CC(Oc1ccccc1)OP(O)(=S)S. The molecule has 1 aromatic rings. The molecule has 0 radical (unpaired) electrons. The topological polar surface area (TPSA) is 38.7 Å². The van der Waals surface area contributed by atoms with Gasteiger partial charge in [-0.1, -0.05) is 37.0 Å². The first-order valence-electron chi connectivity index (χ1n) is 4.09. The second kappa shape index (κ2) is 5.68. The van der Waals surface area contributed by atoms with Crippen molar-refractivity contribution in [1.82, 2.24) is 0 Å². The number of ether oxygens (including phenoxy) is 1. The molecule has 2 unspecified atom stereocenters. The average molecular weight is 262 g/mol. The smallest absolute Gasteiger partial charge is 0.245 e. The zero-order chi connectivity index (χ0) is 11.3. The molecular formula is C9H11O3PS2. The van der Waals surface area contributed by atoms with E-state index < -0.39 is 12.0 Å². The van der Waals surface area contributed by atoms with Crippen LogP contribution in [0.15, 0.2) is 43.0 Å². The molecule has 0 saturated carbocycles. The second-order valence-corrected chi connectivity index (χ2v) is 7.75. The number of rotatable bonds is 5. The summed E-state index contributed by atoms with van der Waals surface area (Å²) in [5.41, 5.74) is -3.04. The van der Waals surface area contributed by atoms with E-state index in [9.17, 15) is 4.89 Å². The maximum Gasteiger partial charge on any atom is 0.245 e. The highest BCUT2D eigenvalue weighted by molar-refractivity contribution is 8.59. The van der Waals surface area contributed by atoms with Crippen LogP contribution in [0.3, 0.4) is 0 Å². The van der Waals surface area contributed by atoms with E-state index >= 15 is 0 Å². The van der Waals surface area contributed by atoms with Gasteiger partial charge in [-0.05, 0) is 30.0 Å². The van der Waals surface area contributed by atoms with E-state index in [0.717, 1.165) is 0 Å². The summed E-state index contributed by atoms with van der Waals surface area (Å²) in [7, 11) is 0. The summed E-state index contributed by atoms with van der Waals surface area (Å²) in [4.78, 5) is 9.24. The summed E-state index contributed by atoms with van der Waals surface area (Å²) in [5.74, 6) is 0.610. The van der Waals surface area contributed by atoms with E-state index in [1.165, 1.54) is 6.08 Å². The fourth-order valence-electron chi connectivity index (χ4n) is 0.881. The molecule has 0 aliphatic rings. The first-order valence-corrected chi connectivity index (χ1v) is 7.92. The third-order valence-corrected chi connectivity index (χ3v) is 2.45. The predicted octanol–water partition coefficient (Wildman–Crippen LogP) is 2.74. The fourth-order valence-corrected chi connectivity index (χ4v) is 1.81. The predicted molar refractivity (Wildman–Crippen MR) is 67.6 cm³/mol. The Morgan fingerprint density at radius 3 is 2.53 bits per heavy atom. The highest BCUT2D eigenvalue weighted by Gasteiger charge is 2.15. The van der Waals surface area contributed by atoms with Crippen molar-refractivity contribution in [2.45, 2.75) is 6.29 Å². The molecule has 0 aliphatic carbocycles. The molecule has 6 heteroatoms. The molecule has 0 bridgehead atoms. The summed E-state index contributed by atoms with van der Waals surface area (Å²) in [5, 5.41) is 0. The molecule has 0 heterocycles. The molecule has 2 atom stereocenters. The number of hydrogen-bond donors (Lipinski definition) is 2. The summed E-state index contributed by atoms with van der Waals surface area (Å²) in [6.07, 6.45) is 0.612. The van der Waals surface area contributed by atoms with E-state index in [1.54, 1.807) is 12.1 Å². The van der Waals surface area contributed by atoms with E-state index in [2.05, 4.69) is 30.6 Å². The molecule has 1 aromatic carbocycles. The van der Waals surface area contributed by atoms with Crippen molar-refractivity contribution in [2.75, 3.05) is 0 Å². The lowest BCUT2D eigenvalue weighted by molar-refractivity contribution is 0.0523. The van der Waals surface area contributed by atoms with E-state index in [1.807, 2.05) is 18.2 Å². The van der Waals surface area contributed by atoms with Crippen LogP contribution in [0.25, 0.3) is 0 Å². The Bertz CT molecular complexity index is 363. The average Bonchev–Trinajstić information content (AvgIpc) is 2.16. The van der Waals surface area contributed by atoms with Crippen molar-refractivity contribution >= 4 is 29.7 Å². The fraction of sp³-hybridized carbons (Fsp3) is 0.111. The third-order valence-electron chi connectivity index (χ3n) is 1.43. The van der Waals surface area contributed by atoms with Gasteiger partial charge in [0.2, 0.25) is 12.0 Å². The highest BCUT2D eigenvalue weighted by Crippen LogP contribution is 2.48. The van der Waals surface area contributed by atoms with Crippen molar-refractivity contribution in [1.29, 1.82) is 0 Å². The van der Waals surface area contributed by atoms with Gasteiger partial charge in [-0.15, -0.1) is 0 Å². The molecule has 1 rings (SSSR count). The molecule has 0 amide bonds. The minimum Gasteiger partial charge on any atom is -0.461 e. The number of para-hydroxylation sites is 1. The zero-order valence-electron chi connectivity index (χ0n) is 7.81. The van der Waals surface area contributed by atoms with Gasteiger partial charge in [0.15, 0.2) is 0 Å². The Morgan fingerprint density at radius 1 is 1.47 bits per heavy atom. The first kappa shape index (κ1) is 12.7. The van der Waals surface area contributed by atoms with Crippen LogP contribution in [0.4, 0.5) is 0 Å². The second-order valence-electron chi connectivity index (χ2n) is 2.63. The van der Waals surface area contributed by atoms with Gasteiger partial charge in [0, 0.05) is 0 Å². The molecule has 15 heavy (non-hydrogen) atoms. The summed E-state index contributed by atoms with van der Waals surface area (Å²) in [6, 6.07) is 9.04. The van der Waals surface area contributed by atoms with Crippen LogP contribution in [0.1, 0.15) is 0 Å². The Kier molecular flexibility index (Phi) is 4.83. The van der Waals surface area contributed by atoms with Gasteiger partial charge in [0.25, 0.3) is 0 Å². The lowest BCUT2D eigenvalue weighted by Crippen LogP contribution is -2.15. The molecule has 0 saturated heterocycles. The number of thiol groups is 1. The van der Waals surface area contributed by atoms with E-state index in [-0.39, 0.29) is 0 Å². The lowest BCUT2D eigenvalue weighted by atomic mass is 10.3. The Labute approximate surface area is 99.1 Å². The summed E-state index contributed by atoms with van der Waals surface area (Å²) in [6.45, 7) is 3.52. The molecular weight excluding hydrogens is 251 g/mol. The minimum atomic E-state index is -3.04. The van der Waals surface area contributed by atoms with E-state index in [4.69, 9.17) is 9.26 Å². The lowest BCUT2D eigenvalue weighted by Gasteiger charge is -2.18. The van der Waals surface area contributed by atoms with Crippen molar-refractivity contribution in [3.63, 3.8) is 0 Å². The third kappa shape index (κ3) is 5.35. The van der Waals surface area contributed by atoms with Crippen LogP contribution in [0.2, 0.25) is 0 Å². The van der Waals surface area contributed by atoms with Gasteiger partial charge in [-0.2, -0.15) is 0 Å². The van der Waals surface area contributed by atoms with E-state index in [0.29, 0.717) is 5.75 Å². The van der Waals surface area contributed by atoms with Crippen molar-refractivity contribution in [3.05, 3.63) is 43.0 Å². The molecule has 1 N–H and O–H groups in total. The number of benzene rings is 1. The van der Waals surface area contributed by atoms with Gasteiger partial charge in [-0.25, -0.2) is 0 Å². The monoisotopic (exact) mass is 262 g/mol. The minimum absolute atomic E-state index is 0.610. The highest BCUT2D eigenvalue weighted by atomic mass is 32.9. The van der Waals surface area contributed by atoms with Crippen molar-refractivity contribution in [2.24, 2.45) is 0 Å². The molecule has 0 aliphatic heterocycles. The Balaban J connectivity index is 2.63. The van der Waals surface area contributed by atoms with Crippen LogP contribution >= 0.6 is 17.9 Å². The standard InChI is InChI=1S/C9H11O3PS2/c1-2-9(12-13(10,14)15)11-8-6-4-3-5-7-8/h2-7,9H,1H2,(H2,10,14,15). The van der Waals surface area contributed by atoms with Gasteiger partial charge in [-0.3, -0.25) is 4.52 Å². The Morgan fingerprint density at radius 2 is 2.07 bits per heavy atom. The maximum atomic E-state index is 9.24.